The number of carboxylic acid groups (broad SMARTS) is 1. The van der Waals surface area contributed by atoms with Crippen LogP contribution in [-0.2, 0) is 9.59 Å². The second-order valence-corrected chi connectivity index (χ2v) is 5.50. The Morgan fingerprint density at radius 3 is 2.55 bits per heavy atom. The second kappa shape index (κ2) is 5.89. The summed E-state index contributed by atoms with van der Waals surface area (Å²) >= 11 is 11.6. The Morgan fingerprint density at radius 1 is 1.35 bits per heavy atom. The summed E-state index contributed by atoms with van der Waals surface area (Å²) < 4.78 is 5.25. The first-order valence-corrected chi connectivity index (χ1v) is 6.81. The molecule has 0 bridgehead atoms. The molecule has 1 aliphatic rings. The van der Waals surface area contributed by atoms with Crippen molar-refractivity contribution in [1.29, 1.82) is 0 Å². The highest BCUT2D eigenvalue weighted by molar-refractivity contribution is 6.35. The number of carboxylic acids is 1. The van der Waals surface area contributed by atoms with Gasteiger partial charge in [-0.15, -0.1) is 0 Å². The Labute approximate surface area is 125 Å². The lowest BCUT2D eigenvalue weighted by Crippen LogP contribution is -2.59. The van der Waals surface area contributed by atoms with E-state index in [-0.39, 0.29) is 6.61 Å². The second-order valence-electron chi connectivity index (χ2n) is 4.65. The number of hydrogen-bond donors (Lipinski definition) is 2. The van der Waals surface area contributed by atoms with Crippen LogP contribution in [0.1, 0.15) is 19.3 Å². The number of nitrogens with one attached hydrogen (secondary N) is 1. The molecule has 0 unspecified atom stereocenters. The Balaban J connectivity index is 1.91. The molecule has 1 aromatic carbocycles. The largest absolute Gasteiger partial charge is 0.482 e. The third-order valence-corrected chi connectivity index (χ3v) is 3.78. The fraction of sp³-hybridized carbons (Fsp3) is 0.385. The van der Waals surface area contributed by atoms with Gasteiger partial charge in [-0.1, -0.05) is 23.2 Å². The number of amides is 1. The highest BCUT2D eigenvalue weighted by Gasteiger charge is 2.45. The van der Waals surface area contributed by atoms with Gasteiger partial charge < -0.3 is 15.2 Å². The van der Waals surface area contributed by atoms with Crippen LogP contribution in [0.2, 0.25) is 10.0 Å². The van der Waals surface area contributed by atoms with Gasteiger partial charge in [0.15, 0.2) is 6.61 Å². The van der Waals surface area contributed by atoms with E-state index in [1.54, 1.807) is 12.1 Å². The molecule has 20 heavy (non-hydrogen) atoms. The van der Waals surface area contributed by atoms with Crippen LogP contribution in [0.25, 0.3) is 0 Å². The van der Waals surface area contributed by atoms with Crippen molar-refractivity contribution in [3.05, 3.63) is 28.2 Å². The Hall–Kier alpha value is -1.46. The van der Waals surface area contributed by atoms with Crippen molar-refractivity contribution in [1.82, 2.24) is 5.32 Å². The first kappa shape index (κ1) is 14.9. The molecule has 108 valence electrons. The van der Waals surface area contributed by atoms with E-state index in [0.29, 0.717) is 28.6 Å². The van der Waals surface area contributed by atoms with Gasteiger partial charge in [-0.2, -0.15) is 0 Å². The van der Waals surface area contributed by atoms with E-state index in [4.69, 9.17) is 33.0 Å². The lowest BCUT2D eigenvalue weighted by atomic mass is 9.77. The molecule has 0 spiro atoms. The number of aliphatic carboxylic acids is 1. The summed E-state index contributed by atoms with van der Waals surface area (Å²) in [5.41, 5.74) is -1.13. The smallest absolute Gasteiger partial charge is 0.329 e. The summed E-state index contributed by atoms with van der Waals surface area (Å²) in [4.78, 5) is 22.9. The van der Waals surface area contributed by atoms with E-state index in [9.17, 15) is 9.59 Å². The first-order valence-electron chi connectivity index (χ1n) is 6.05. The molecule has 1 aliphatic carbocycles. The van der Waals surface area contributed by atoms with Crippen molar-refractivity contribution >= 4 is 35.1 Å². The number of rotatable bonds is 5. The lowest BCUT2D eigenvalue weighted by Gasteiger charge is -2.38. The van der Waals surface area contributed by atoms with Crippen LogP contribution in [0.5, 0.6) is 5.75 Å². The van der Waals surface area contributed by atoms with E-state index >= 15 is 0 Å². The summed E-state index contributed by atoms with van der Waals surface area (Å²) in [5.74, 6) is -1.18. The third-order valence-electron chi connectivity index (χ3n) is 3.25. The fourth-order valence-corrected chi connectivity index (χ4v) is 2.42. The molecule has 1 saturated carbocycles. The van der Waals surface area contributed by atoms with Crippen molar-refractivity contribution in [2.45, 2.75) is 24.8 Å². The molecule has 2 rings (SSSR count). The van der Waals surface area contributed by atoms with Crippen LogP contribution < -0.4 is 10.1 Å². The van der Waals surface area contributed by atoms with Gasteiger partial charge in [0.25, 0.3) is 5.91 Å². The number of benzene rings is 1. The maximum atomic E-state index is 11.7. The third kappa shape index (κ3) is 3.16. The number of ether oxygens (including phenoxy) is 1. The van der Waals surface area contributed by atoms with E-state index in [1.165, 1.54) is 6.07 Å². The average Bonchev–Trinajstić information content (AvgIpc) is 2.32. The molecule has 2 N–H and O–H groups in total. The number of carbonyl (C=O) groups excluding carboxylic acids is 1. The minimum atomic E-state index is -1.13. The maximum Gasteiger partial charge on any atom is 0.329 e. The van der Waals surface area contributed by atoms with Gasteiger partial charge >= 0.3 is 5.97 Å². The highest BCUT2D eigenvalue weighted by Crippen LogP contribution is 2.32. The van der Waals surface area contributed by atoms with Crippen molar-refractivity contribution < 1.29 is 19.4 Å². The van der Waals surface area contributed by atoms with Gasteiger partial charge in [0.1, 0.15) is 11.3 Å². The standard InChI is InChI=1S/C13H13Cl2NO4/c14-8-2-3-10(9(15)6-8)20-7-11(17)16-13(12(18)19)4-1-5-13/h2-3,6H,1,4-5,7H2,(H,16,17)(H,18,19). The van der Waals surface area contributed by atoms with Crippen molar-refractivity contribution in [2.75, 3.05) is 6.61 Å². The quantitative estimate of drug-likeness (QED) is 0.874. The SMILES string of the molecule is O=C(COc1ccc(Cl)cc1Cl)NC1(C(=O)O)CCC1. The predicted molar refractivity (Wildman–Crippen MR) is 74.3 cm³/mol. The monoisotopic (exact) mass is 317 g/mol. The molecular formula is C13H13Cl2NO4. The Kier molecular flexibility index (Phi) is 4.40. The molecule has 5 nitrogen and oxygen atoms in total. The summed E-state index contributed by atoms with van der Waals surface area (Å²) in [6, 6.07) is 4.64. The van der Waals surface area contributed by atoms with Crippen LogP contribution in [0.3, 0.4) is 0 Å². The molecule has 0 aliphatic heterocycles. The maximum absolute atomic E-state index is 11.7. The van der Waals surface area contributed by atoms with Crippen molar-refractivity contribution in [2.24, 2.45) is 0 Å². The van der Waals surface area contributed by atoms with Crippen LogP contribution in [0.15, 0.2) is 18.2 Å². The number of halogens is 2. The molecule has 1 fully saturated rings. The van der Waals surface area contributed by atoms with E-state index < -0.39 is 17.4 Å². The van der Waals surface area contributed by atoms with Gasteiger partial charge in [-0.05, 0) is 37.5 Å². The lowest BCUT2D eigenvalue weighted by molar-refractivity contribution is -0.152. The zero-order valence-electron chi connectivity index (χ0n) is 10.5. The van der Waals surface area contributed by atoms with Crippen LogP contribution in [0, 0.1) is 0 Å². The van der Waals surface area contributed by atoms with E-state index in [0.717, 1.165) is 6.42 Å². The Morgan fingerprint density at radius 2 is 2.05 bits per heavy atom. The van der Waals surface area contributed by atoms with Gasteiger partial charge in [-0.3, -0.25) is 4.79 Å². The highest BCUT2D eigenvalue weighted by atomic mass is 35.5. The predicted octanol–water partition coefficient (Wildman–Crippen LogP) is 2.50. The molecule has 0 aromatic heterocycles. The van der Waals surface area contributed by atoms with Gasteiger partial charge in [-0.25, -0.2) is 4.79 Å². The van der Waals surface area contributed by atoms with E-state index in [1.807, 2.05) is 0 Å². The molecule has 0 saturated heterocycles. The van der Waals surface area contributed by atoms with Crippen molar-refractivity contribution in [3.8, 4) is 5.75 Å². The summed E-state index contributed by atoms with van der Waals surface area (Å²) in [6.45, 7) is -0.295. The average molecular weight is 318 g/mol. The van der Waals surface area contributed by atoms with E-state index in [2.05, 4.69) is 5.32 Å². The zero-order chi connectivity index (χ0) is 14.8. The first-order chi connectivity index (χ1) is 9.43. The zero-order valence-corrected chi connectivity index (χ0v) is 12.0. The molecule has 7 heteroatoms. The van der Waals surface area contributed by atoms with Crippen LogP contribution >= 0.6 is 23.2 Å². The molecule has 1 aromatic rings. The Bertz CT molecular complexity index is 543. The molecule has 0 heterocycles. The van der Waals surface area contributed by atoms with Gasteiger partial charge in [0.05, 0.1) is 5.02 Å². The van der Waals surface area contributed by atoms with Crippen LogP contribution in [0.4, 0.5) is 0 Å². The molecule has 0 atom stereocenters. The summed E-state index contributed by atoms with van der Waals surface area (Å²) in [7, 11) is 0. The summed E-state index contributed by atoms with van der Waals surface area (Å²) in [6.07, 6.45) is 1.67. The van der Waals surface area contributed by atoms with Crippen molar-refractivity contribution in [3.63, 3.8) is 0 Å². The molecule has 0 radical (unpaired) electrons. The summed E-state index contributed by atoms with van der Waals surface area (Å²) in [5, 5.41) is 12.4. The minimum absolute atomic E-state index is 0.293. The van der Waals surface area contributed by atoms with Gasteiger partial charge in [0.2, 0.25) is 0 Å². The minimum Gasteiger partial charge on any atom is -0.482 e. The van der Waals surface area contributed by atoms with Crippen LogP contribution in [-0.4, -0.2) is 29.1 Å². The fourth-order valence-electron chi connectivity index (χ4n) is 1.96. The normalized spacial score (nSPS) is 16.1. The topological polar surface area (TPSA) is 75.6 Å². The van der Waals surface area contributed by atoms with Gasteiger partial charge in [0, 0.05) is 5.02 Å². The number of carbonyl (C=O) groups is 2. The molecule has 1 amide bonds. The molecular weight excluding hydrogens is 305 g/mol. The number of hydrogen-bond acceptors (Lipinski definition) is 3.